The summed E-state index contributed by atoms with van der Waals surface area (Å²) in [6, 6.07) is 17.7. The maximum atomic E-state index is 13.0. The highest BCUT2D eigenvalue weighted by atomic mass is 35.5. The zero-order valence-electron chi connectivity index (χ0n) is 22.5. The Kier molecular flexibility index (Phi) is 9.24. The second-order valence-electron chi connectivity index (χ2n) is 10.5. The first-order valence-electron chi connectivity index (χ1n) is 14.0. The molecule has 2 amide bonds. The van der Waals surface area contributed by atoms with Crippen LogP contribution in [0.3, 0.4) is 0 Å². The number of hydrogen-bond donors (Lipinski definition) is 0. The molecular weight excluding hydrogens is 530 g/mol. The molecule has 0 bridgehead atoms. The van der Waals surface area contributed by atoms with Gasteiger partial charge in [-0.3, -0.25) is 14.2 Å². The number of carbonyl (C=O) groups is 2. The van der Waals surface area contributed by atoms with Crippen molar-refractivity contribution in [3.05, 3.63) is 59.6 Å². The zero-order chi connectivity index (χ0) is 27.2. The summed E-state index contributed by atoms with van der Waals surface area (Å²) < 4.78 is 2.06. The van der Waals surface area contributed by atoms with Gasteiger partial charge >= 0.3 is 0 Å². The fourth-order valence-electron chi connectivity index (χ4n) is 5.60. The molecular formula is C30H36ClN5O2S. The topological polar surface area (TPSA) is 71.3 Å². The van der Waals surface area contributed by atoms with E-state index in [1.165, 1.54) is 6.42 Å². The smallest absolute Gasteiger partial charge is 0.226 e. The van der Waals surface area contributed by atoms with Gasteiger partial charge in [-0.1, -0.05) is 60.8 Å². The summed E-state index contributed by atoms with van der Waals surface area (Å²) in [5, 5.41) is 10.4. The van der Waals surface area contributed by atoms with E-state index in [9.17, 15) is 9.59 Å². The number of rotatable bonds is 8. The van der Waals surface area contributed by atoms with Gasteiger partial charge in [-0.25, -0.2) is 0 Å². The number of benzene rings is 2. The Morgan fingerprint density at radius 1 is 0.974 bits per heavy atom. The SMILES string of the molecule is CC1CN(C(=O)CCCSc2nnc(-c3ccc(Cl)cc3)n2-c2ccccc2)CCN1C(=O)C1CCCCC1. The van der Waals surface area contributed by atoms with E-state index in [2.05, 4.69) is 21.7 Å². The van der Waals surface area contributed by atoms with Gasteiger partial charge < -0.3 is 9.80 Å². The van der Waals surface area contributed by atoms with Gasteiger partial charge in [0.1, 0.15) is 0 Å². The minimum Gasteiger partial charge on any atom is -0.339 e. The van der Waals surface area contributed by atoms with Gasteiger partial charge in [0.2, 0.25) is 11.8 Å². The maximum absolute atomic E-state index is 13.0. The van der Waals surface area contributed by atoms with Crippen molar-refractivity contribution in [1.29, 1.82) is 0 Å². The fraction of sp³-hybridized carbons (Fsp3) is 0.467. The van der Waals surface area contributed by atoms with E-state index >= 15 is 0 Å². The molecule has 1 atom stereocenters. The van der Waals surface area contributed by atoms with Crippen LogP contribution in [-0.2, 0) is 9.59 Å². The van der Waals surface area contributed by atoms with Crippen LogP contribution in [0.4, 0.5) is 0 Å². The zero-order valence-corrected chi connectivity index (χ0v) is 24.0. The number of aromatic nitrogens is 3. The van der Waals surface area contributed by atoms with Crippen LogP contribution < -0.4 is 0 Å². The highest BCUT2D eigenvalue weighted by Crippen LogP contribution is 2.30. The molecule has 9 heteroatoms. The predicted molar refractivity (Wildman–Crippen MR) is 156 cm³/mol. The number of carbonyl (C=O) groups excluding carboxylic acids is 2. The van der Waals surface area contributed by atoms with Crippen LogP contribution in [0, 0.1) is 5.92 Å². The molecule has 5 rings (SSSR count). The lowest BCUT2D eigenvalue weighted by atomic mass is 9.88. The molecule has 39 heavy (non-hydrogen) atoms. The third-order valence-corrected chi connectivity index (χ3v) is 9.00. The van der Waals surface area contributed by atoms with Gasteiger partial charge in [0.15, 0.2) is 11.0 Å². The van der Waals surface area contributed by atoms with Crippen molar-refractivity contribution in [2.45, 2.75) is 63.1 Å². The third-order valence-electron chi connectivity index (χ3n) is 7.73. The van der Waals surface area contributed by atoms with Gasteiger partial charge in [-0.2, -0.15) is 0 Å². The molecule has 1 aliphatic heterocycles. The molecule has 1 aliphatic carbocycles. The Morgan fingerprint density at radius 2 is 1.72 bits per heavy atom. The number of para-hydroxylation sites is 1. The van der Waals surface area contributed by atoms with Gasteiger partial charge in [-0.15, -0.1) is 10.2 Å². The molecule has 2 aliphatic rings. The summed E-state index contributed by atoms with van der Waals surface area (Å²) in [7, 11) is 0. The lowest BCUT2D eigenvalue weighted by molar-refractivity contribution is -0.146. The first kappa shape index (κ1) is 27.7. The normalized spacial score (nSPS) is 18.4. The van der Waals surface area contributed by atoms with E-state index in [0.717, 1.165) is 60.1 Å². The Bertz CT molecular complexity index is 1260. The van der Waals surface area contributed by atoms with Crippen molar-refractivity contribution in [1.82, 2.24) is 24.6 Å². The Morgan fingerprint density at radius 3 is 2.44 bits per heavy atom. The quantitative estimate of drug-likeness (QED) is 0.244. The molecule has 1 saturated heterocycles. The summed E-state index contributed by atoms with van der Waals surface area (Å²) in [6.07, 6.45) is 6.82. The van der Waals surface area contributed by atoms with Crippen molar-refractivity contribution in [3.8, 4) is 17.1 Å². The van der Waals surface area contributed by atoms with Crippen molar-refractivity contribution >= 4 is 35.2 Å². The van der Waals surface area contributed by atoms with E-state index in [4.69, 9.17) is 11.6 Å². The number of nitrogens with zero attached hydrogens (tertiary/aromatic N) is 5. The van der Waals surface area contributed by atoms with E-state index in [1.54, 1.807) is 11.8 Å². The Labute approximate surface area is 239 Å². The largest absolute Gasteiger partial charge is 0.339 e. The minimum absolute atomic E-state index is 0.0715. The molecule has 1 aromatic heterocycles. The second-order valence-corrected chi connectivity index (χ2v) is 12.0. The summed E-state index contributed by atoms with van der Waals surface area (Å²) >= 11 is 7.70. The van der Waals surface area contributed by atoms with E-state index in [0.29, 0.717) is 37.0 Å². The standard InChI is InChI=1S/C30H36ClN5O2S/c1-22-21-34(18-19-35(22)29(38)24-9-4-2-5-10-24)27(37)13-8-20-39-30-33-32-28(23-14-16-25(31)17-15-23)36(30)26-11-6-3-7-12-26/h3,6-7,11-12,14-17,22,24H,2,4-5,8-10,13,18-21H2,1H3. The molecule has 3 aromatic rings. The third kappa shape index (κ3) is 6.67. The van der Waals surface area contributed by atoms with Crippen LogP contribution in [0.25, 0.3) is 17.1 Å². The molecule has 1 unspecified atom stereocenters. The maximum Gasteiger partial charge on any atom is 0.226 e. The average Bonchev–Trinajstić information content (AvgIpc) is 3.40. The van der Waals surface area contributed by atoms with Gasteiger partial charge in [0.05, 0.1) is 0 Å². The first-order chi connectivity index (χ1) is 19.0. The average molecular weight is 566 g/mol. The van der Waals surface area contributed by atoms with E-state index in [1.807, 2.05) is 64.4 Å². The van der Waals surface area contributed by atoms with Crippen molar-refractivity contribution in [3.63, 3.8) is 0 Å². The number of piperazine rings is 1. The molecule has 1 saturated carbocycles. The lowest BCUT2D eigenvalue weighted by Crippen LogP contribution is -2.56. The molecule has 2 aromatic carbocycles. The van der Waals surface area contributed by atoms with E-state index < -0.39 is 0 Å². The van der Waals surface area contributed by atoms with Crippen LogP contribution in [0.5, 0.6) is 0 Å². The monoisotopic (exact) mass is 565 g/mol. The summed E-state index contributed by atoms with van der Waals surface area (Å²) in [6.45, 7) is 3.97. The summed E-state index contributed by atoms with van der Waals surface area (Å²) in [4.78, 5) is 30.0. The first-order valence-corrected chi connectivity index (χ1v) is 15.4. The van der Waals surface area contributed by atoms with Crippen LogP contribution in [-0.4, -0.2) is 67.8 Å². The van der Waals surface area contributed by atoms with Crippen LogP contribution >= 0.6 is 23.4 Å². The highest BCUT2D eigenvalue weighted by Gasteiger charge is 2.33. The summed E-state index contributed by atoms with van der Waals surface area (Å²) in [5.74, 6) is 2.15. The van der Waals surface area contributed by atoms with Crippen LogP contribution in [0.2, 0.25) is 5.02 Å². The molecule has 7 nitrogen and oxygen atoms in total. The van der Waals surface area contributed by atoms with Gasteiger partial charge in [0, 0.05) is 60.0 Å². The fourth-order valence-corrected chi connectivity index (χ4v) is 6.62. The van der Waals surface area contributed by atoms with Crippen molar-refractivity contribution in [2.24, 2.45) is 5.92 Å². The van der Waals surface area contributed by atoms with Gasteiger partial charge in [0.25, 0.3) is 0 Å². The lowest BCUT2D eigenvalue weighted by Gasteiger charge is -2.41. The Hall–Kier alpha value is -2.84. The molecule has 0 radical (unpaired) electrons. The molecule has 2 fully saturated rings. The van der Waals surface area contributed by atoms with Crippen LogP contribution in [0.15, 0.2) is 59.8 Å². The molecule has 0 spiro atoms. The molecule has 2 heterocycles. The number of thioether (sulfide) groups is 1. The van der Waals surface area contributed by atoms with Crippen molar-refractivity contribution < 1.29 is 9.59 Å². The van der Waals surface area contributed by atoms with Crippen LogP contribution in [0.1, 0.15) is 51.9 Å². The predicted octanol–water partition coefficient (Wildman–Crippen LogP) is 6.10. The minimum atomic E-state index is 0.0715. The number of hydrogen-bond acceptors (Lipinski definition) is 5. The number of amides is 2. The van der Waals surface area contributed by atoms with E-state index in [-0.39, 0.29) is 17.9 Å². The second kappa shape index (κ2) is 13.0. The number of halogens is 1. The summed E-state index contributed by atoms with van der Waals surface area (Å²) in [5.41, 5.74) is 1.92. The highest BCUT2D eigenvalue weighted by molar-refractivity contribution is 7.99. The van der Waals surface area contributed by atoms with Crippen molar-refractivity contribution in [2.75, 3.05) is 25.4 Å². The molecule has 0 N–H and O–H groups in total. The Balaban J connectivity index is 1.15. The van der Waals surface area contributed by atoms with Gasteiger partial charge in [-0.05, 0) is 62.6 Å². The molecule has 206 valence electrons.